The van der Waals surface area contributed by atoms with Gasteiger partial charge >= 0.3 is 0 Å². The maximum absolute atomic E-state index is 12.7. The van der Waals surface area contributed by atoms with E-state index in [0.717, 1.165) is 22.0 Å². The number of benzene rings is 2. The van der Waals surface area contributed by atoms with E-state index in [4.69, 9.17) is 9.47 Å². The summed E-state index contributed by atoms with van der Waals surface area (Å²) in [7, 11) is 3.07. The first-order valence-electron chi connectivity index (χ1n) is 9.78. The fourth-order valence-corrected chi connectivity index (χ4v) is 3.56. The summed E-state index contributed by atoms with van der Waals surface area (Å²) < 4.78 is 10.6. The lowest BCUT2D eigenvalue weighted by molar-refractivity contribution is 0.0975. The van der Waals surface area contributed by atoms with Gasteiger partial charge in [0.15, 0.2) is 5.78 Å². The number of methoxy groups -OCH3 is 2. The number of hydrogen-bond acceptors (Lipinski definition) is 6. The molecule has 3 rings (SSSR count). The lowest BCUT2D eigenvalue weighted by atomic mass is 10.0. The molecule has 0 amide bonds. The minimum atomic E-state index is -0.0515. The van der Waals surface area contributed by atoms with E-state index in [2.05, 4.69) is 22.4 Å². The average Bonchev–Trinajstić information content (AvgIpc) is 2.75. The van der Waals surface area contributed by atoms with Gasteiger partial charge in [-0.2, -0.15) is 5.26 Å². The summed E-state index contributed by atoms with van der Waals surface area (Å²) in [5.41, 5.74) is 4.02. The van der Waals surface area contributed by atoms with Crippen LogP contribution in [0.25, 0.3) is 10.9 Å². The van der Waals surface area contributed by atoms with E-state index in [1.54, 1.807) is 18.2 Å². The number of nitriles is 1. The molecule has 0 aliphatic heterocycles. The van der Waals surface area contributed by atoms with Crippen LogP contribution in [0.4, 0.5) is 5.82 Å². The molecule has 0 aliphatic rings. The Morgan fingerprint density at radius 1 is 1.13 bits per heavy atom. The van der Waals surface area contributed by atoms with Crippen LogP contribution in [0.2, 0.25) is 0 Å². The first-order chi connectivity index (χ1) is 14.5. The van der Waals surface area contributed by atoms with Crippen molar-refractivity contribution in [1.29, 1.82) is 5.26 Å². The van der Waals surface area contributed by atoms with E-state index in [1.165, 1.54) is 14.2 Å². The van der Waals surface area contributed by atoms with Crippen molar-refractivity contribution in [2.75, 3.05) is 26.1 Å². The summed E-state index contributed by atoms with van der Waals surface area (Å²) in [5, 5.41) is 13.7. The number of ether oxygens (including phenoxy) is 2. The lowest BCUT2D eigenvalue weighted by Crippen LogP contribution is -2.10. The fraction of sp³-hybridized carbons (Fsp3) is 0.292. The summed E-state index contributed by atoms with van der Waals surface area (Å²) in [5.74, 6) is 1.49. The third-order valence-electron chi connectivity index (χ3n) is 4.99. The summed E-state index contributed by atoms with van der Waals surface area (Å²) in [6.45, 7) is 4.56. The molecule has 30 heavy (non-hydrogen) atoms. The number of fused-ring (bicyclic) bond motifs is 1. The Balaban J connectivity index is 1.71. The highest BCUT2D eigenvalue weighted by Gasteiger charge is 2.17. The first-order valence-corrected chi connectivity index (χ1v) is 9.78. The van der Waals surface area contributed by atoms with E-state index < -0.39 is 0 Å². The molecule has 0 spiro atoms. The number of anilines is 1. The van der Waals surface area contributed by atoms with Crippen LogP contribution in [-0.2, 0) is 0 Å². The third kappa shape index (κ3) is 4.36. The Hall–Kier alpha value is -3.59. The van der Waals surface area contributed by atoms with Crippen molar-refractivity contribution < 1.29 is 14.3 Å². The number of rotatable bonds is 8. The number of carbonyl (C=O) groups excluding carboxylic acids is 1. The van der Waals surface area contributed by atoms with Crippen LogP contribution in [0.5, 0.6) is 11.5 Å². The molecule has 0 unspecified atom stereocenters. The number of aryl methyl sites for hydroxylation is 2. The Kier molecular flexibility index (Phi) is 6.53. The molecule has 6 nitrogen and oxygen atoms in total. The van der Waals surface area contributed by atoms with Crippen molar-refractivity contribution in [3.05, 3.63) is 58.7 Å². The standard InChI is InChI=1S/C24H25N3O3/c1-15-11-16(2)18-13-17(14-25)24(27-19(18)12-15)26-10-6-7-20(28)23-21(29-3)8-5-9-22(23)30-4/h5,8-9,11-13H,6-7,10H2,1-4H3,(H,26,27). The second-order valence-electron chi connectivity index (χ2n) is 7.14. The predicted octanol–water partition coefficient (Wildman–Crippen LogP) is 4.82. The minimum Gasteiger partial charge on any atom is -0.496 e. The Morgan fingerprint density at radius 3 is 2.47 bits per heavy atom. The minimum absolute atomic E-state index is 0.0515. The summed E-state index contributed by atoms with van der Waals surface area (Å²) >= 11 is 0. The highest BCUT2D eigenvalue weighted by Crippen LogP contribution is 2.30. The van der Waals surface area contributed by atoms with Crippen LogP contribution in [0.1, 0.15) is 39.9 Å². The Morgan fingerprint density at radius 2 is 1.83 bits per heavy atom. The smallest absolute Gasteiger partial charge is 0.170 e. The topological polar surface area (TPSA) is 84.2 Å². The van der Waals surface area contributed by atoms with Crippen LogP contribution in [0, 0.1) is 25.2 Å². The number of nitrogens with zero attached hydrogens (tertiary/aromatic N) is 2. The van der Waals surface area contributed by atoms with Crippen LogP contribution >= 0.6 is 0 Å². The van der Waals surface area contributed by atoms with Crippen LogP contribution in [-0.4, -0.2) is 31.5 Å². The van der Waals surface area contributed by atoms with Gasteiger partial charge in [-0.1, -0.05) is 12.1 Å². The van der Waals surface area contributed by atoms with Gasteiger partial charge in [-0.05, 0) is 55.7 Å². The summed E-state index contributed by atoms with van der Waals surface area (Å²) in [6.07, 6.45) is 0.898. The zero-order valence-electron chi connectivity index (χ0n) is 17.7. The maximum Gasteiger partial charge on any atom is 0.170 e. The van der Waals surface area contributed by atoms with Gasteiger partial charge in [-0.15, -0.1) is 0 Å². The summed E-state index contributed by atoms with van der Waals surface area (Å²) in [4.78, 5) is 17.4. The van der Waals surface area contributed by atoms with Gasteiger partial charge < -0.3 is 14.8 Å². The maximum atomic E-state index is 12.7. The Bertz CT molecular complexity index is 1110. The predicted molar refractivity (Wildman–Crippen MR) is 118 cm³/mol. The molecule has 1 heterocycles. The van der Waals surface area contributed by atoms with Crippen molar-refractivity contribution >= 4 is 22.5 Å². The quantitative estimate of drug-likeness (QED) is 0.429. The molecule has 2 aromatic carbocycles. The molecule has 154 valence electrons. The van der Waals surface area contributed by atoms with Gasteiger partial charge in [0.25, 0.3) is 0 Å². The highest BCUT2D eigenvalue weighted by molar-refractivity contribution is 6.01. The van der Waals surface area contributed by atoms with Gasteiger partial charge in [-0.3, -0.25) is 4.79 Å². The largest absolute Gasteiger partial charge is 0.496 e. The zero-order chi connectivity index (χ0) is 21.7. The number of hydrogen-bond donors (Lipinski definition) is 1. The van der Waals surface area contributed by atoms with Gasteiger partial charge in [0.2, 0.25) is 0 Å². The molecule has 6 heteroatoms. The van der Waals surface area contributed by atoms with Crippen LogP contribution in [0.3, 0.4) is 0 Å². The van der Waals surface area contributed by atoms with Gasteiger partial charge in [0.1, 0.15) is 28.9 Å². The molecule has 0 saturated carbocycles. The SMILES string of the molecule is COc1cccc(OC)c1C(=O)CCCNc1nc2cc(C)cc(C)c2cc1C#N. The molecule has 1 aromatic heterocycles. The van der Waals surface area contributed by atoms with E-state index in [-0.39, 0.29) is 5.78 Å². The number of nitrogens with one attached hydrogen (secondary N) is 1. The molecule has 0 bridgehead atoms. The molecular formula is C24H25N3O3. The molecular weight excluding hydrogens is 378 g/mol. The zero-order valence-corrected chi connectivity index (χ0v) is 17.7. The molecule has 1 N–H and O–H groups in total. The van der Waals surface area contributed by atoms with Crippen molar-refractivity contribution in [1.82, 2.24) is 4.98 Å². The van der Waals surface area contributed by atoms with Crippen molar-refractivity contribution in [2.45, 2.75) is 26.7 Å². The van der Waals surface area contributed by atoms with Crippen molar-refractivity contribution in [2.24, 2.45) is 0 Å². The second-order valence-corrected chi connectivity index (χ2v) is 7.14. The molecule has 3 aromatic rings. The normalized spacial score (nSPS) is 10.5. The van der Waals surface area contributed by atoms with E-state index in [1.807, 2.05) is 26.0 Å². The monoisotopic (exact) mass is 403 g/mol. The van der Waals surface area contributed by atoms with E-state index in [9.17, 15) is 10.1 Å². The third-order valence-corrected chi connectivity index (χ3v) is 4.99. The number of ketones is 1. The van der Waals surface area contributed by atoms with Crippen molar-refractivity contribution in [3.8, 4) is 17.6 Å². The fourth-order valence-electron chi connectivity index (χ4n) is 3.56. The highest BCUT2D eigenvalue weighted by atomic mass is 16.5. The average molecular weight is 403 g/mol. The van der Waals surface area contributed by atoms with Crippen molar-refractivity contribution in [3.63, 3.8) is 0 Å². The van der Waals surface area contributed by atoms with Gasteiger partial charge in [0.05, 0.1) is 25.3 Å². The number of carbonyl (C=O) groups is 1. The molecule has 0 saturated heterocycles. The first kappa shape index (κ1) is 21.1. The lowest BCUT2D eigenvalue weighted by Gasteiger charge is -2.13. The van der Waals surface area contributed by atoms with Crippen LogP contribution < -0.4 is 14.8 Å². The van der Waals surface area contributed by atoms with Crippen LogP contribution in [0.15, 0.2) is 36.4 Å². The second kappa shape index (κ2) is 9.27. The number of Topliss-reactive ketones (excluding diaryl/α,β-unsaturated/α-hetero) is 1. The number of pyridine rings is 1. The van der Waals surface area contributed by atoms with Gasteiger partial charge in [-0.25, -0.2) is 4.98 Å². The molecule has 0 radical (unpaired) electrons. The van der Waals surface area contributed by atoms with Gasteiger partial charge in [0, 0.05) is 18.4 Å². The van der Waals surface area contributed by atoms with E-state index in [0.29, 0.717) is 47.8 Å². The summed E-state index contributed by atoms with van der Waals surface area (Å²) in [6, 6.07) is 13.4. The van der Waals surface area contributed by atoms with E-state index >= 15 is 0 Å². The molecule has 0 fully saturated rings. The number of aromatic nitrogens is 1. The Labute approximate surface area is 176 Å². The molecule has 0 atom stereocenters. The molecule has 0 aliphatic carbocycles.